The van der Waals surface area contributed by atoms with E-state index in [1.54, 1.807) is 12.1 Å². The molecule has 3 rings (SSSR count). The highest BCUT2D eigenvalue weighted by Gasteiger charge is 2.31. The molecule has 4 nitrogen and oxygen atoms in total. The van der Waals surface area contributed by atoms with Crippen LogP contribution in [0.1, 0.15) is 5.56 Å². The van der Waals surface area contributed by atoms with E-state index >= 15 is 0 Å². The summed E-state index contributed by atoms with van der Waals surface area (Å²) in [7, 11) is 0. The molecule has 0 unspecified atom stereocenters. The van der Waals surface area contributed by atoms with Gasteiger partial charge >= 0.3 is 6.18 Å². The van der Waals surface area contributed by atoms with Crippen molar-refractivity contribution in [1.29, 1.82) is 0 Å². The molecule has 0 fully saturated rings. The lowest BCUT2D eigenvalue weighted by atomic mass is 10.3. The van der Waals surface area contributed by atoms with Gasteiger partial charge in [-0.2, -0.15) is 13.2 Å². The predicted molar refractivity (Wildman–Crippen MR) is 67.7 cm³/mol. The minimum atomic E-state index is -4.40. The van der Waals surface area contributed by atoms with E-state index in [4.69, 9.17) is 0 Å². The molecule has 0 spiro atoms. The van der Waals surface area contributed by atoms with Gasteiger partial charge in [-0.3, -0.25) is 4.40 Å². The molecule has 3 aromatic rings. The number of hydrogen-bond acceptors (Lipinski definition) is 3. The van der Waals surface area contributed by atoms with Crippen LogP contribution in [0.25, 0.3) is 5.65 Å². The zero-order valence-corrected chi connectivity index (χ0v) is 10.1. The number of pyridine rings is 1. The van der Waals surface area contributed by atoms with Crippen molar-refractivity contribution in [3.05, 3.63) is 54.2 Å². The fourth-order valence-electron chi connectivity index (χ4n) is 1.79. The van der Waals surface area contributed by atoms with Gasteiger partial charge < -0.3 is 5.32 Å². The number of para-hydroxylation sites is 1. The Morgan fingerprint density at radius 1 is 0.950 bits per heavy atom. The summed E-state index contributed by atoms with van der Waals surface area (Å²) in [5.41, 5.74) is 0.316. The molecule has 2 aromatic heterocycles. The van der Waals surface area contributed by atoms with Gasteiger partial charge in [0.25, 0.3) is 0 Å². The van der Waals surface area contributed by atoms with Crippen molar-refractivity contribution < 1.29 is 13.2 Å². The maximum absolute atomic E-state index is 12.7. The maximum atomic E-state index is 12.7. The molecule has 0 aliphatic rings. The summed E-state index contributed by atoms with van der Waals surface area (Å²) in [6, 6.07) is 11.3. The second-order valence-electron chi connectivity index (χ2n) is 4.16. The fourth-order valence-corrected chi connectivity index (χ4v) is 1.79. The molecule has 0 atom stereocenters. The Bertz CT molecular complexity index is 734. The number of aromatic nitrogens is 3. The summed E-state index contributed by atoms with van der Waals surface area (Å²) in [6.45, 7) is 0. The Balaban J connectivity index is 2.03. The number of fused-ring (bicyclic) bond motifs is 1. The van der Waals surface area contributed by atoms with Crippen molar-refractivity contribution in [2.24, 2.45) is 0 Å². The van der Waals surface area contributed by atoms with Crippen molar-refractivity contribution in [1.82, 2.24) is 14.6 Å². The van der Waals surface area contributed by atoms with E-state index in [0.717, 1.165) is 18.0 Å². The molecule has 0 saturated carbocycles. The molecule has 0 saturated heterocycles. The van der Waals surface area contributed by atoms with Gasteiger partial charge in [0.2, 0.25) is 5.95 Å². The highest BCUT2D eigenvalue weighted by molar-refractivity contribution is 5.56. The third-order valence-electron chi connectivity index (χ3n) is 2.76. The molecule has 2 heterocycles. The van der Waals surface area contributed by atoms with Crippen LogP contribution in [-0.2, 0) is 6.18 Å². The minimum Gasteiger partial charge on any atom is -0.324 e. The van der Waals surface area contributed by atoms with Gasteiger partial charge in [-0.15, -0.1) is 10.2 Å². The predicted octanol–water partition coefficient (Wildman–Crippen LogP) is 3.49. The van der Waals surface area contributed by atoms with E-state index in [2.05, 4.69) is 15.5 Å². The van der Waals surface area contributed by atoms with Crippen LogP contribution in [0.2, 0.25) is 0 Å². The van der Waals surface area contributed by atoms with E-state index in [-0.39, 0.29) is 5.95 Å². The first-order valence-electron chi connectivity index (χ1n) is 5.78. The maximum Gasteiger partial charge on any atom is 0.417 e. The zero-order valence-electron chi connectivity index (χ0n) is 10.1. The van der Waals surface area contributed by atoms with Gasteiger partial charge in [-0.25, -0.2) is 0 Å². The Kier molecular flexibility index (Phi) is 2.81. The number of alkyl halides is 3. The van der Waals surface area contributed by atoms with Gasteiger partial charge in [0.05, 0.1) is 5.56 Å². The minimum absolute atomic E-state index is 0.234. The van der Waals surface area contributed by atoms with Crippen LogP contribution in [0.3, 0.4) is 0 Å². The molecule has 1 aromatic carbocycles. The fraction of sp³-hybridized carbons (Fsp3) is 0.0769. The zero-order chi connectivity index (χ0) is 14.2. The summed E-state index contributed by atoms with van der Waals surface area (Å²) < 4.78 is 39.4. The first-order valence-corrected chi connectivity index (χ1v) is 5.78. The lowest BCUT2D eigenvalue weighted by molar-refractivity contribution is -0.137. The topological polar surface area (TPSA) is 42.2 Å². The third-order valence-corrected chi connectivity index (χ3v) is 2.76. The van der Waals surface area contributed by atoms with Crippen molar-refractivity contribution >= 4 is 17.3 Å². The van der Waals surface area contributed by atoms with Gasteiger partial charge in [0, 0.05) is 11.9 Å². The molecule has 0 radical (unpaired) electrons. The average Bonchev–Trinajstić information content (AvgIpc) is 2.82. The molecule has 0 aliphatic heterocycles. The Hall–Kier alpha value is -2.57. The van der Waals surface area contributed by atoms with E-state index in [0.29, 0.717) is 5.65 Å². The summed E-state index contributed by atoms with van der Waals surface area (Å²) in [6.07, 6.45) is -3.43. The summed E-state index contributed by atoms with van der Waals surface area (Å²) >= 11 is 0. The van der Waals surface area contributed by atoms with Crippen LogP contribution in [0, 0.1) is 0 Å². The Labute approximate surface area is 111 Å². The van der Waals surface area contributed by atoms with Crippen molar-refractivity contribution in [3.8, 4) is 0 Å². The number of nitrogens with zero attached hydrogens (tertiary/aromatic N) is 3. The normalized spacial score (nSPS) is 11.8. The highest BCUT2D eigenvalue weighted by atomic mass is 19.4. The second-order valence-corrected chi connectivity index (χ2v) is 4.16. The SMILES string of the molecule is FC(F)(F)c1ccc2nnc(Nc3ccccc3)n2c1. The number of benzene rings is 1. The van der Waals surface area contributed by atoms with Gasteiger partial charge in [-0.1, -0.05) is 18.2 Å². The monoisotopic (exact) mass is 278 g/mol. The lowest BCUT2D eigenvalue weighted by Crippen LogP contribution is -2.07. The first kappa shape index (κ1) is 12.5. The van der Waals surface area contributed by atoms with Gasteiger partial charge in [-0.05, 0) is 24.3 Å². The van der Waals surface area contributed by atoms with Crippen LogP contribution in [0.5, 0.6) is 0 Å². The van der Waals surface area contributed by atoms with Crippen LogP contribution in [0.15, 0.2) is 48.7 Å². The Morgan fingerprint density at radius 2 is 1.70 bits per heavy atom. The molecule has 20 heavy (non-hydrogen) atoms. The average molecular weight is 278 g/mol. The Morgan fingerprint density at radius 3 is 2.40 bits per heavy atom. The number of nitrogens with one attached hydrogen (secondary N) is 1. The van der Waals surface area contributed by atoms with Gasteiger partial charge in [0.1, 0.15) is 0 Å². The van der Waals surface area contributed by atoms with E-state index in [9.17, 15) is 13.2 Å². The summed E-state index contributed by atoms with van der Waals surface area (Å²) in [5.74, 6) is 0.234. The van der Waals surface area contributed by atoms with Crippen molar-refractivity contribution in [3.63, 3.8) is 0 Å². The smallest absolute Gasteiger partial charge is 0.324 e. The van der Waals surface area contributed by atoms with Crippen molar-refractivity contribution in [2.45, 2.75) is 6.18 Å². The third kappa shape index (κ3) is 2.29. The molecule has 102 valence electrons. The van der Waals surface area contributed by atoms with Gasteiger partial charge in [0.15, 0.2) is 5.65 Å². The molecular formula is C13H9F3N4. The van der Waals surface area contributed by atoms with Crippen molar-refractivity contribution in [2.75, 3.05) is 5.32 Å². The number of halogens is 3. The van der Waals surface area contributed by atoms with E-state index in [1.807, 2.05) is 18.2 Å². The largest absolute Gasteiger partial charge is 0.417 e. The second kappa shape index (κ2) is 4.52. The molecule has 1 N–H and O–H groups in total. The number of anilines is 2. The first-order chi connectivity index (χ1) is 9.54. The number of hydrogen-bond donors (Lipinski definition) is 1. The summed E-state index contributed by atoms with van der Waals surface area (Å²) in [4.78, 5) is 0. The van der Waals surface area contributed by atoms with Crippen LogP contribution >= 0.6 is 0 Å². The van der Waals surface area contributed by atoms with Crippen LogP contribution in [-0.4, -0.2) is 14.6 Å². The molecule has 0 bridgehead atoms. The number of rotatable bonds is 2. The standard InChI is InChI=1S/C13H9F3N4/c14-13(15,16)9-6-7-11-18-19-12(20(11)8-9)17-10-4-2-1-3-5-10/h1-8H,(H,17,19). The quantitative estimate of drug-likeness (QED) is 0.780. The summed E-state index contributed by atoms with van der Waals surface area (Å²) in [5, 5.41) is 10.6. The van der Waals surface area contributed by atoms with Crippen LogP contribution in [0.4, 0.5) is 24.8 Å². The molecule has 7 heteroatoms. The van der Waals surface area contributed by atoms with E-state index < -0.39 is 11.7 Å². The molecule has 0 aliphatic carbocycles. The van der Waals surface area contributed by atoms with E-state index in [1.165, 1.54) is 10.5 Å². The highest BCUT2D eigenvalue weighted by Crippen LogP contribution is 2.29. The lowest BCUT2D eigenvalue weighted by Gasteiger charge is -2.08. The van der Waals surface area contributed by atoms with Crippen LogP contribution < -0.4 is 5.32 Å². The molecular weight excluding hydrogens is 269 g/mol. The molecule has 0 amide bonds.